The van der Waals surface area contributed by atoms with Crippen LogP contribution in [0.5, 0.6) is 0 Å². The number of fused-ring (bicyclic) bond motifs is 2. The molecule has 7 heteroatoms. The van der Waals surface area contributed by atoms with Crippen molar-refractivity contribution < 1.29 is 14.2 Å². The van der Waals surface area contributed by atoms with Gasteiger partial charge >= 0.3 is 12.0 Å². The Bertz CT molecular complexity index is 857. The van der Waals surface area contributed by atoms with Gasteiger partial charge in [0.1, 0.15) is 5.69 Å². The summed E-state index contributed by atoms with van der Waals surface area (Å²) in [7, 11) is 3.21. The van der Waals surface area contributed by atoms with Crippen LogP contribution in [-0.4, -0.2) is 71.3 Å². The molecule has 1 unspecified atom stereocenters. The van der Waals surface area contributed by atoms with E-state index in [0.29, 0.717) is 5.84 Å². The van der Waals surface area contributed by atoms with E-state index in [1.807, 2.05) is 4.58 Å². The van der Waals surface area contributed by atoms with Crippen LogP contribution in [0.25, 0.3) is 0 Å². The van der Waals surface area contributed by atoms with E-state index in [-0.39, 0.29) is 11.9 Å². The van der Waals surface area contributed by atoms with E-state index in [0.717, 1.165) is 31.2 Å². The molecule has 0 radical (unpaired) electrons. The number of anilines is 1. The topological polar surface area (TPSA) is 59.2 Å². The number of benzene rings is 1. The average Bonchev–Trinajstić information content (AvgIpc) is 2.98. The number of aliphatic imine (C=N–C) groups is 1. The molecule has 0 bridgehead atoms. The highest BCUT2D eigenvalue weighted by Gasteiger charge is 2.53. The average molecular weight is 340 g/mol. The van der Waals surface area contributed by atoms with Gasteiger partial charge < -0.3 is 0 Å². The Kier molecular flexibility index (Phi) is 3.42. The Morgan fingerprint density at radius 3 is 2.64 bits per heavy atom. The van der Waals surface area contributed by atoms with E-state index >= 15 is 0 Å². The van der Waals surface area contributed by atoms with Gasteiger partial charge in [0.05, 0.1) is 13.1 Å². The first kappa shape index (κ1) is 15.8. The summed E-state index contributed by atoms with van der Waals surface area (Å²) in [4.78, 5) is 34.5. The number of rotatable bonds is 1. The summed E-state index contributed by atoms with van der Waals surface area (Å²) >= 11 is 0. The fourth-order valence-corrected chi connectivity index (χ4v) is 3.87. The lowest BCUT2D eigenvalue weighted by atomic mass is 10.1. The van der Waals surface area contributed by atoms with Gasteiger partial charge in [-0.1, -0.05) is 22.7 Å². The van der Waals surface area contributed by atoms with Crippen LogP contribution in [0.1, 0.15) is 17.5 Å². The van der Waals surface area contributed by atoms with Crippen molar-refractivity contribution in [1.82, 2.24) is 9.80 Å². The number of guanidine groups is 1. The van der Waals surface area contributed by atoms with Crippen LogP contribution in [0.2, 0.25) is 0 Å². The largest absolute Gasteiger partial charge is 0.397 e. The normalized spacial score (nSPS) is 23.1. The van der Waals surface area contributed by atoms with E-state index < -0.39 is 6.04 Å². The number of hydrogen-bond donors (Lipinski definition) is 0. The highest BCUT2D eigenvalue weighted by molar-refractivity contribution is 6.23. The van der Waals surface area contributed by atoms with E-state index in [9.17, 15) is 9.59 Å². The Balaban J connectivity index is 1.81. The molecule has 7 nitrogen and oxygen atoms in total. The van der Waals surface area contributed by atoms with Crippen molar-refractivity contribution in [3.8, 4) is 0 Å². The molecule has 0 aliphatic carbocycles. The number of amidine groups is 1. The molecule has 4 rings (SSSR count). The molecule has 3 aliphatic rings. The number of likely N-dealkylation sites (N-methyl/N-ethyl adjacent to an activating group) is 2. The number of carbonyl (C=O) groups excluding carboxylic acids is 2. The van der Waals surface area contributed by atoms with Crippen LogP contribution in [0.4, 0.5) is 10.5 Å². The Morgan fingerprint density at radius 1 is 1.16 bits per heavy atom. The Labute approximate surface area is 146 Å². The van der Waals surface area contributed by atoms with Gasteiger partial charge in [-0.3, -0.25) is 14.6 Å². The van der Waals surface area contributed by atoms with Gasteiger partial charge in [0.15, 0.2) is 0 Å². The summed E-state index contributed by atoms with van der Waals surface area (Å²) in [6.45, 7) is 5.77. The summed E-state index contributed by atoms with van der Waals surface area (Å²) in [5, 5.41) is 0. The number of aryl methyl sites for hydroxylation is 2. The number of urea groups is 1. The number of nitrogens with zero attached hydrogens (tertiary/aromatic N) is 5. The zero-order valence-electron chi connectivity index (χ0n) is 15.0. The van der Waals surface area contributed by atoms with Crippen molar-refractivity contribution in [3.63, 3.8) is 0 Å². The van der Waals surface area contributed by atoms with Crippen molar-refractivity contribution in [1.29, 1.82) is 0 Å². The van der Waals surface area contributed by atoms with Gasteiger partial charge in [0.25, 0.3) is 5.91 Å². The zero-order chi connectivity index (χ0) is 17.9. The summed E-state index contributed by atoms with van der Waals surface area (Å²) in [6.07, 6.45) is 0.935. The predicted molar refractivity (Wildman–Crippen MR) is 95.2 cm³/mol. The SMILES string of the molecule is Cc1ccc(N2CCC[N+]3=C2N=C2C3C(=O)N(C)C(=O)N2C)c(C)c1. The minimum Gasteiger partial charge on any atom is -0.270 e. The monoisotopic (exact) mass is 340 g/mol. The number of hydrogen-bond acceptors (Lipinski definition) is 4. The van der Waals surface area contributed by atoms with Crippen molar-refractivity contribution in [2.75, 3.05) is 32.1 Å². The third-order valence-corrected chi connectivity index (χ3v) is 5.17. The highest BCUT2D eigenvalue weighted by atomic mass is 16.2. The maximum atomic E-state index is 12.7. The third-order valence-electron chi connectivity index (χ3n) is 5.17. The van der Waals surface area contributed by atoms with Gasteiger partial charge in [-0.2, -0.15) is 0 Å². The molecular weight excluding hydrogens is 318 g/mol. The lowest BCUT2D eigenvalue weighted by Gasteiger charge is -2.32. The Hall–Kier alpha value is -2.70. The second kappa shape index (κ2) is 5.40. The van der Waals surface area contributed by atoms with Crippen molar-refractivity contribution >= 4 is 29.4 Å². The number of amides is 3. The first-order valence-corrected chi connectivity index (χ1v) is 8.52. The first-order chi connectivity index (χ1) is 11.9. The summed E-state index contributed by atoms with van der Waals surface area (Å²) in [5.41, 5.74) is 3.49. The molecule has 0 saturated carbocycles. The van der Waals surface area contributed by atoms with Crippen molar-refractivity contribution in [2.24, 2.45) is 4.99 Å². The van der Waals surface area contributed by atoms with Gasteiger partial charge in [0, 0.05) is 20.5 Å². The van der Waals surface area contributed by atoms with Crippen LogP contribution in [0, 0.1) is 13.8 Å². The van der Waals surface area contributed by atoms with Crippen molar-refractivity contribution in [2.45, 2.75) is 26.3 Å². The minimum absolute atomic E-state index is 0.209. The standard InChI is InChI=1S/C18H22N5O2/c1-11-6-7-13(12(2)10-11)22-8-5-9-23-14-15(19-17(22)23)20(3)18(25)21(4)16(14)24/h6-7,10,14H,5,8-9H2,1-4H3/q+1. The molecule has 0 aromatic heterocycles. The maximum absolute atomic E-state index is 12.7. The number of imide groups is 1. The van der Waals surface area contributed by atoms with Gasteiger partial charge in [-0.05, 0) is 25.5 Å². The van der Waals surface area contributed by atoms with Crippen LogP contribution < -0.4 is 4.90 Å². The van der Waals surface area contributed by atoms with Crippen molar-refractivity contribution in [3.05, 3.63) is 29.3 Å². The molecule has 3 heterocycles. The van der Waals surface area contributed by atoms with Gasteiger partial charge in [-0.25, -0.2) is 14.3 Å². The fourth-order valence-electron chi connectivity index (χ4n) is 3.87. The molecule has 3 aliphatic heterocycles. The second-order valence-corrected chi connectivity index (χ2v) is 6.90. The van der Waals surface area contributed by atoms with Crippen LogP contribution in [-0.2, 0) is 4.79 Å². The summed E-state index contributed by atoms with van der Waals surface area (Å²) in [6, 6.07) is 5.51. The maximum Gasteiger partial charge on any atom is 0.397 e. The molecule has 1 aromatic rings. The highest BCUT2D eigenvalue weighted by Crippen LogP contribution is 2.28. The molecule has 0 spiro atoms. The Morgan fingerprint density at radius 2 is 1.92 bits per heavy atom. The molecule has 3 amide bonds. The zero-order valence-corrected chi connectivity index (χ0v) is 15.0. The summed E-state index contributed by atoms with van der Waals surface area (Å²) < 4.78 is 2.03. The number of carbonyl (C=O) groups is 2. The molecule has 1 saturated heterocycles. The molecule has 0 N–H and O–H groups in total. The smallest absolute Gasteiger partial charge is 0.270 e. The lowest BCUT2D eigenvalue weighted by Crippen LogP contribution is -2.62. The molecule has 1 atom stereocenters. The second-order valence-electron chi connectivity index (χ2n) is 6.90. The van der Waals surface area contributed by atoms with Gasteiger partial charge in [0.2, 0.25) is 11.9 Å². The lowest BCUT2D eigenvalue weighted by molar-refractivity contribution is -0.539. The van der Waals surface area contributed by atoms with Gasteiger partial charge in [-0.15, -0.1) is 0 Å². The van der Waals surface area contributed by atoms with E-state index in [4.69, 9.17) is 4.99 Å². The van der Waals surface area contributed by atoms with E-state index in [2.05, 4.69) is 36.9 Å². The molecule has 25 heavy (non-hydrogen) atoms. The quantitative estimate of drug-likeness (QED) is 0.722. The molecule has 1 fully saturated rings. The third kappa shape index (κ3) is 2.18. The minimum atomic E-state index is -0.503. The first-order valence-electron chi connectivity index (χ1n) is 8.52. The van der Waals surface area contributed by atoms with E-state index in [1.165, 1.54) is 28.0 Å². The summed E-state index contributed by atoms with van der Waals surface area (Å²) in [5.74, 6) is 1.08. The molecule has 1 aromatic carbocycles. The molecule has 130 valence electrons. The van der Waals surface area contributed by atoms with Crippen LogP contribution >= 0.6 is 0 Å². The fraction of sp³-hybridized carbons (Fsp3) is 0.444. The molecular formula is C18H22N5O2+. The van der Waals surface area contributed by atoms with Crippen LogP contribution in [0.15, 0.2) is 23.2 Å². The predicted octanol–water partition coefficient (Wildman–Crippen LogP) is 1.19. The van der Waals surface area contributed by atoms with Crippen LogP contribution in [0.3, 0.4) is 0 Å². The van der Waals surface area contributed by atoms with E-state index in [1.54, 1.807) is 7.05 Å².